The van der Waals surface area contributed by atoms with Gasteiger partial charge in [0.25, 0.3) is 5.91 Å². The van der Waals surface area contributed by atoms with E-state index in [2.05, 4.69) is 20.5 Å². The van der Waals surface area contributed by atoms with Crippen LogP contribution in [-0.2, 0) is 11.3 Å². The van der Waals surface area contributed by atoms with E-state index in [-0.39, 0.29) is 30.1 Å². The largest absolute Gasteiger partial charge is 0.441 e. The summed E-state index contributed by atoms with van der Waals surface area (Å²) in [6, 6.07) is 9.00. The van der Waals surface area contributed by atoms with Crippen molar-refractivity contribution in [3.63, 3.8) is 0 Å². The van der Waals surface area contributed by atoms with Crippen molar-refractivity contribution in [1.82, 2.24) is 15.2 Å². The monoisotopic (exact) mass is 480 g/mol. The van der Waals surface area contributed by atoms with Gasteiger partial charge in [0.2, 0.25) is 11.8 Å². The van der Waals surface area contributed by atoms with Gasteiger partial charge in [0.15, 0.2) is 5.78 Å². The number of piperidine rings is 1. The molecule has 1 aromatic carbocycles. The van der Waals surface area contributed by atoms with E-state index in [9.17, 15) is 14.4 Å². The van der Waals surface area contributed by atoms with Crippen molar-refractivity contribution in [1.29, 1.82) is 0 Å². The number of oxazole rings is 1. The highest BCUT2D eigenvalue weighted by molar-refractivity contribution is 7.12. The smallest absolute Gasteiger partial charge is 0.252 e. The number of hydrogen-bond acceptors (Lipinski definition) is 7. The third kappa shape index (κ3) is 5.60. The van der Waals surface area contributed by atoms with Crippen molar-refractivity contribution < 1.29 is 18.8 Å². The van der Waals surface area contributed by atoms with Gasteiger partial charge >= 0.3 is 0 Å². The fourth-order valence-corrected chi connectivity index (χ4v) is 4.77. The lowest BCUT2D eigenvalue weighted by atomic mass is 9.97. The number of nitrogens with one attached hydrogen (secondary N) is 2. The van der Waals surface area contributed by atoms with Crippen LogP contribution in [0.3, 0.4) is 0 Å². The highest BCUT2D eigenvalue weighted by atomic mass is 32.1. The van der Waals surface area contributed by atoms with Crippen LogP contribution in [0.2, 0.25) is 0 Å². The van der Waals surface area contributed by atoms with Gasteiger partial charge in [-0.15, -0.1) is 11.3 Å². The van der Waals surface area contributed by atoms with Crippen LogP contribution in [-0.4, -0.2) is 47.6 Å². The topological polar surface area (TPSA) is 105 Å². The molecule has 1 saturated heterocycles. The summed E-state index contributed by atoms with van der Waals surface area (Å²) in [5, 5.41) is 7.51. The molecular weight excluding hydrogens is 452 g/mol. The molecule has 0 spiro atoms. The second kappa shape index (κ2) is 10.3. The van der Waals surface area contributed by atoms with Gasteiger partial charge in [0.05, 0.1) is 22.9 Å². The first-order chi connectivity index (χ1) is 16.3. The van der Waals surface area contributed by atoms with Crippen LogP contribution < -0.4 is 10.6 Å². The molecule has 2 aromatic heterocycles. The maximum atomic E-state index is 12.7. The van der Waals surface area contributed by atoms with Crippen molar-refractivity contribution in [3.05, 3.63) is 57.6 Å². The molecule has 1 fully saturated rings. The number of hydrogen-bond donors (Lipinski definition) is 2. The highest BCUT2D eigenvalue weighted by Gasteiger charge is 2.24. The number of likely N-dealkylation sites (tertiary alicyclic amines) is 1. The maximum absolute atomic E-state index is 12.7. The molecule has 0 saturated carbocycles. The quantitative estimate of drug-likeness (QED) is 0.493. The predicted octanol–water partition coefficient (Wildman–Crippen LogP) is 4.12. The molecule has 8 nitrogen and oxygen atoms in total. The van der Waals surface area contributed by atoms with Crippen LogP contribution in [0, 0.1) is 12.8 Å². The van der Waals surface area contributed by atoms with Gasteiger partial charge in [-0.2, -0.15) is 0 Å². The van der Waals surface area contributed by atoms with Crippen LogP contribution in [0.25, 0.3) is 11.5 Å². The zero-order valence-corrected chi connectivity index (χ0v) is 20.3. The van der Waals surface area contributed by atoms with Gasteiger partial charge in [0, 0.05) is 23.2 Å². The first-order valence-electron chi connectivity index (χ1n) is 11.2. The van der Waals surface area contributed by atoms with E-state index in [1.165, 1.54) is 18.3 Å². The predicted molar refractivity (Wildman–Crippen MR) is 131 cm³/mol. The van der Waals surface area contributed by atoms with Crippen molar-refractivity contribution >= 4 is 34.6 Å². The Bertz CT molecular complexity index is 1220. The fraction of sp³-hybridized carbons (Fsp3) is 0.360. The Morgan fingerprint density at radius 1 is 1.26 bits per heavy atom. The summed E-state index contributed by atoms with van der Waals surface area (Å²) >= 11 is 1.25. The van der Waals surface area contributed by atoms with Crippen LogP contribution in [0.1, 0.15) is 51.2 Å². The number of anilines is 1. The SMILES string of the molecule is CC(=O)c1cc(C(=O)NCc2nc(-c3cccc(NC(=O)[C@H]4CCCN(C)C4)c3)oc2C)cs1. The molecule has 2 N–H and O–H groups in total. The third-order valence-corrected chi connectivity index (χ3v) is 6.92. The average Bonchev–Trinajstić information content (AvgIpc) is 3.45. The van der Waals surface area contributed by atoms with Crippen molar-refractivity contribution in [2.75, 3.05) is 25.5 Å². The molecule has 4 rings (SSSR count). The number of Topliss-reactive ketones (excluding diaryl/α,β-unsaturated/α-hetero) is 1. The van der Waals surface area contributed by atoms with Crippen molar-refractivity contribution in [3.8, 4) is 11.5 Å². The summed E-state index contributed by atoms with van der Waals surface area (Å²) in [7, 11) is 2.04. The fourth-order valence-electron chi connectivity index (χ4n) is 3.98. The van der Waals surface area contributed by atoms with Crippen LogP contribution in [0.5, 0.6) is 0 Å². The Morgan fingerprint density at radius 3 is 2.82 bits per heavy atom. The molecule has 0 radical (unpaired) electrons. The summed E-state index contributed by atoms with van der Waals surface area (Å²) in [5.41, 5.74) is 2.50. The number of aryl methyl sites for hydroxylation is 1. The van der Waals surface area contributed by atoms with E-state index in [1.54, 1.807) is 18.4 Å². The number of carbonyl (C=O) groups is 3. The number of carbonyl (C=O) groups excluding carboxylic acids is 3. The van der Waals surface area contributed by atoms with E-state index in [0.29, 0.717) is 33.5 Å². The normalized spacial score (nSPS) is 16.3. The van der Waals surface area contributed by atoms with Gasteiger partial charge in [-0.25, -0.2) is 4.98 Å². The number of benzene rings is 1. The molecule has 0 aliphatic carbocycles. The molecule has 178 valence electrons. The minimum absolute atomic E-state index is 0.0173. The molecule has 3 aromatic rings. The van der Waals surface area contributed by atoms with Gasteiger partial charge in [-0.3, -0.25) is 14.4 Å². The van der Waals surface area contributed by atoms with Crippen molar-refractivity contribution in [2.45, 2.75) is 33.2 Å². The number of ketones is 1. The molecule has 34 heavy (non-hydrogen) atoms. The lowest BCUT2D eigenvalue weighted by molar-refractivity contribution is -0.121. The first-order valence-corrected chi connectivity index (χ1v) is 12.1. The number of rotatable bonds is 7. The Kier molecular flexibility index (Phi) is 7.23. The molecule has 1 aliphatic rings. The lowest BCUT2D eigenvalue weighted by Gasteiger charge is -2.28. The highest BCUT2D eigenvalue weighted by Crippen LogP contribution is 2.25. The zero-order chi connectivity index (χ0) is 24.2. The summed E-state index contributed by atoms with van der Waals surface area (Å²) in [6.07, 6.45) is 1.92. The minimum atomic E-state index is -0.272. The maximum Gasteiger partial charge on any atom is 0.252 e. The van der Waals surface area contributed by atoms with E-state index in [0.717, 1.165) is 31.5 Å². The molecule has 1 atom stereocenters. The van der Waals surface area contributed by atoms with Gasteiger partial charge < -0.3 is 20.0 Å². The molecule has 0 bridgehead atoms. The molecule has 1 aliphatic heterocycles. The Labute approximate surface area is 202 Å². The van der Waals surface area contributed by atoms with Gasteiger partial charge in [0.1, 0.15) is 11.5 Å². The number of aromatic nitrogens is 1. The summed E-state index contributed by atoms with van der Waals surface area (Å²) in [6.45, 7) is 5.26. The van der Waals surface area contributed by atoms with Gasteiger partial charge in [-0.05, 0) is 64.5 Å². The molecule has 9 heteroatoms. The third-order valence-electron chi connectivity index (χ3n) is 5.89. The van der Waals surface area contributed by atoms with Crippen molar-refractivity contribution in [2.24, 2.45) is 5.92 Å². The average molecular weight is 481 g/mol. The Morgan fingerprint density at radius 2 is 2.09 bits per heavy atom. The van der Waals surface area contributed by atoms with Crippen LogP contribution in [0.15, 0.2) is 40.1 Å². The molecule has 3 heterocycles. The van der Waals surface area contributed by atoms with Crippen LogP contribution >= 0.6 is 11.3 Å². The second-order valence-electron chi connectivity index (χ2n) is 8.63. The minimum Gasteiger partial charge on any atom is -0.441 e. The molecule has 2 amide bonds. The molecular formula is C25H28N4O4S. The standard InChI is InChI=1S/C25H28N4O4S/c1-15(30)22-11-19(14-34-22)23(31)26-12-21-16(2)33-25(28-21)17-6-4-8-20(10-17)27-24(32)18-7-5-9-29(3)13-18/h4,6,8,10-11,14,18H,5,7,9,12-13H2,1-3H3,(H,26,31)(H,27,32)/t18-/m0/s1. The second-order valence-corrected chi connectivity index (χ2v) is 9.54. The van der Waals surface area contributed by atoms with E-state index < -0.39 is 0 Å². The number of amides is 2. The summed E-state index contributed by atoms with van der Waals surface area (Å²) in [5.74, 6) is 0.694. The number of nitrogens with zero attached hydrogens (tertiary/aromatic N) is 2. The zero-order valence-electron chi connectivity index (χ0n) is 19.5. The summed E-state index contributed by atoms with van der Waals surface area (Å²) in [4.78, 5) is 43.8. The Balaban J connectivity index is 1.40. The summed E-state index contributed by atoms with van der Waals surface area (Å²) < 4.78 is 5.84. The first kappa shape index (κ1) is 23.8. The lowest BCUT2D eigenvalue weighted by Crippen LogP contribution is -2.38. The van der Waals surface area contributed by atoms with E-state index >= 15 is 0 Å². The van der Waals surface area contributed by atoms with E-state index in [4.69, 9.17) is 4.42 Å². The van der Waals surface area contributed by atoms with Gasteiger partial charge in [-0.1, -0.05) is 6.07 Å². The molecule has 0 unspecified atom stereocenters. The van der Waals surface area contributed by atoms with Crippen LogP contribution in [0.4, 0.5) is 5.69 Å². The van der Waals surface area contributed by atoms with E-state index in [1.807, 2.05) is 31.3 Å². The number of thiophene rings is 1. The Hall–Kier alpha value is -3.30.